The molecule has 0 radical (unpaired) electrons. The third-order valence-electron chi connectivity index (χ3n) is 3.01. The maximum Gasteiger partial charge on any atom is 0.256 e. The van der Waals surface area contributed by atoms with Crippen molar-refractivity contribution < 1.29 is 4.79 Å². The SMILES string of the molecule is CC(C)n1ncc2cc(NC(=O)c3csc(I)c3)cnc21. The summed E-state index contributed by atoms with van der Waals surface area (Å²) in [6.45, 7) is 4.12. The van der Waals surface area contributed by atoms with E-state index in [9.17, 15) is 4.79 Å². The molecule has 1 N–H and O–H groups in total. The molecule has 0 fully saturated rings. The third kappa shape index (κ3) is 2.93. The zero-order chi connectivity index (χ0) is 15.0. The molecule has 5 nitrogen and oxygen atoms in total. The first-order valence-electron chi connectivity index (χ1n) is 6.43. The first kappa shape index (κ1) is 14.5. The van der Waals surface area contributed by atoms with Crippen LogP contribution in [0.25, 0.3) is 11.0 Å². The molecule has 0 spiro atoms. The van der Waals surface area contributed by atoms with Gasteiger partial charge in [-0.15, -0.1) is 11.3 Å². The van der Waals surface area contributed by atoms with Crippen LogP contribution in [0.2, 0.25) is 0 Å². The van der Waals surface area contributed by atoms with E-state index in [-0.39, 0.29) is 11.9 Å². The number of nitrogens with zero attached hydrogens (tertiary/aromatic N) is 3. The van der Waals surface area contributed by atoms with E-state index < -0.39 is 0 Å². The number of hydrogen-bond acceptors (Lipinski definition) is 4. The van der Waals surface area contributed by atoms with E-state index in [0.717, 1.165) is 13.9 Å². The van der Waals surface area contributed by atoms with Crippen molar-refractivity contribution in [3.8, 4) is 0 Å². The molecule has 3 rings (SSSR count). The fourth-order valence-electron chi connectivity index (χ4n) is 2.02. The smallest absolute Gasteiger partial charge is 0.256 e. The van der Waals surface area contributed by atoms with Gasteiger partial charge in [-0.25, -0.2) is 9.67 Å². The Hall–Kier alpha value is -1.48. The van der Waals surface area contributed by atoms with E-state index in [1.54, 1.807) is 23.7 Å². The van der Waals surface area contributed by atoms with Gasteiger partial charge in [0.15, 0.2) is 5.65 Å². The summed E-state index contributed by atoms with van der Waals surface area (Å²) in [5.41, 5.74) is 2.17. The van der Waals surface area contributed by atoms with Gasteiger partial charge in [0.1, 0.15) is 0 Å². The van der Waals surface area contributed by atoms with Gasteiger partial charge in [-0.2, -0.15) is 5.10 Å². The standard InChI is InChI=1S/C14H13IN4OS/c1-8(2)19-13-9(5-17-19)3-11(6-16-13)18-14(20)10-4-12(15)21-7-10/h3-8H,1-2H3,(H,18,20). The highest BCUT2D eigenvalue weighted by atomic mass is 127. The Bertz CT molecular complexity index is 808. The van der Waals surface area contributed by atoms with Crippen molar-refractivity contribution in [2.45, 2.75) is 19.9 Å². The Balaban J connectivity index is 1.86. The molecule has 0 aliphatic heterocycles. The molecule has 7 heteroatoms. The Labute approximate surface area is 139 Å². The first-order valence-corrected chi connectivity index (χ1v) is 8.39. The predicted octanol–water partition coefficient (Wildman–Crippen LogP) is 3.93. The van der Waals surface area contributed by atoms with E-state index in [4.69, 9.17) is 0 Å². The van der Waals surface area contributed by atoms with Gasteiger partial charge in [0, 0.05) is 16.8 Å². The Kier molecular flexibility index (Phi) is 3.94. The maximum absolute atomic E-state index is 12.1. The van der Waals surface area contributed by atoms with Crippen LogP contribution < -0.4 is 5.32 Å². The molecule has 21 heavy (non-hydrogen) atoms. The van der Waals surface area contributed by atoms with Gasteiger partial charge in [0.2, 0.25) is 0 Å². The zero-order valence-corrected chi connectivity index (χ0v) is 14.5. The average molecular weight is 412 g/mol. The fourth-order valence-corrected chi connectivity index (χ4v) is 3.35. The van der Waals surface area contributed by atoms with Gasteiger partial charge in [-0.1, -0.05) is 0 Å². The number of carbonyl (C=O) groups is 1. The van der Waals surface area contributed by atoms with Gasteiger partial charge in [-0.3, -0.25) is 4.79 Å². The van der Waals surface area contributed by atoms with Crippen LogP contribution in [-0.4, -0.2) is 20.7 Å². The monoisotopic (exact) mass is 412 g/mol. The summed E-state index contributed by atoms with van der Waals surface area (Å²) in [5.74, 6) is -0.119. The lowest BCUT2D eigenvalue weighted by Crippen LogP contribution is -2.11. The second-order valence-corrected chi connectivity index (χ2v) is 7.72. The minimum Gasteiger partial charge on any atom is -0.321 e. The van der Waals surface area contributed by atoms with Crippen molar-refractivity contribution in [3.63, 3.8) is 0 Å². The lowest BCUT2D eigenvalue weighted by atomic mass is 10.3. The average Bonchev–Trinajstić information content (AvgIpc) is 3.04. The lowest BCUT2D eigenvalue weighted by Gasteiger charge is -2.07. The number of nitrogens with one attached hydrogen (secondary N) is 1. The molecule has 3 aromatic heterocycles. The molecular formula is C14H13IN4OS. The second-order valence-electron chi connectivity index (χ2n) is 4.91. The number of carbonyl (C=O) groups excluding carboxylic acids is 1. The lowest BCUT2D eigenvalue weighted by molar-refractivity contribution is 0.102. The summed E-state index contributed by atoms with van der Waals surface area (Å²) in [4.78, 5) is 16.5. The van der Waals surface area contributed by atoms with Gasteiger partial charge in [-0.05, 0) is 48.6 Å². The van der Waals surface area contributed by atoms with Gasteiger partial charge in [0.05, 0.1) is 26.5 Å². The second kappa shape index (κ2) is 5.72. The van der Waals surface area contributed by atoms with Crippen LogP contribution in [0.3, 0.4) is 0 Å². The molecule has 0 saturated carbocycles. The molecule has 0 unspecified atom stereocenters. The maximum atomic E-state index is 12.1. The number of amides is 1. The number of fused-ring (bicyclic) bond motifs is 1. The summed E-state index contributed by atoms with van der Waals surface area (Å²) in [6, 6.07) is 4.01. The number of aromatic nitrogens is 3. The molecule has 0 saturated heterocycles. The van der Waals surface area contributed by atoms with Crippen LogP contribution in [0, 0.1) is 2.88 Å². The van der Waals surface area contributed by atoms with Crippen LogP contribution in [0.1, 0.15) is 30.2 Å². The van der Waals surface area contributed by atoms with Crippen molar-refractivity contribution in [2.75, 3.05) is 5.32 Å². The summed E-state index contributed by atoms with van der Waals surface area (Å²) in [5, 5.41) is 9.95. The van der Waals surface area contributed by atoms with Crippen LogP contribution in [-0.2, 0) is 0 Å². The molecule has 0 aliphatic carbocycles. The molecule has 0 bridgehead atoms. The predicted molar refractivity (Wildman–Crippen MR) is 92.9 cm³/mol. The Morgan fingerprint density at radius 3 is 2.86 bits per heavy atom. The van der Waals surface area contributed by atoms with Crippen molar-refractivity contribution in [3.05, 3.63) is 38.4 Å². The molecule has 0 aromatic carbocycles. The summed E-state index contributed by atoms with van der Waals surface area (Å²) < 4.78 is 2.95. The van der Waals surface area contributed by atoms with Crippen LogP contribution in [0.5, 0.6) is 0 Å². The molecule has 0 atom stereocenters. The van der Waals surface area contributed by atoms with Crippen LogP contribution >= 0.6 is 33.9 Å². The zero-order valence-electron chi connectivity index (χ0n) is 11.5. The highest BCUT2D eigenvalue weighted by Gasteiger charge is 2.11. The Morgan fingerprint density at radius 1 is 1.38 bits per heavy atom. The summed E-state index contributed by atoms with van der Waals surface area (Å²) in [7, 11) is 0. The molecule has 108 valence electrons. The fraction of sp³-hybridized carbons (Fsp3) is 0.214. The number of thiophene rings is 1. The number of hydrogen-bond donors (Lipinski definition) is 1. The van der Waals surface area contributed by atoms with E-state index in [1.165, 1.54) is 0 Å². The van der Waals surface area contributed by atoms with Crippen molar-refractivity contribution in [1.82, 2.24) is 14.8 Å². The minimum atomic E-state index is -0.119. The minimum absolute atomic E-state index is 0.119. The number of halogens is 1. The molecule has 3 heterocycles. The normalized spacial score (nSPS) is 11.2. The van der Waals surface area contributed by atoms with Crippen molar-refractivity contribution in [1.29, 1.82) is 0 Å². The van der Waals surface area contributed by atoms with Gasteiger partial charge >= 0.3 is 0 Å². The van der Waals surface area contributed by atoms with E-state index in [0.29, 0.717) is 11.3 Å². The Morgan fingerprint density at radius 2 is 2.19 bits per heavy atom. The van der Waals surface area contributed by atoms with E-state index >= 15 is 0 Å². The van der Waals surface area contributed by atoms with E-state index in [1.807, 2.05) is 22.2 Å². The first-order chi connectivity index (χ1) is 10.0. The number of anilines is 1. The largest absolute Gasteiger partial charge is 0.321 e. The quantitative estimate of drug-likeness (QED) is 0.664. The van der Waals surface area contributed by atoms with E-state index in [2.05, 4.69) is 51.8 Å². The summed E-state index contributed by atoms with van der Waals surface area (Å²) in [6.07, 6.45) is 3.43. The van der Waals surface area contributed by atoms with Crippen molar-refractivity contribution >= 4 is 56.6 Å². The van der Waals surface area contributed by atoms with Crippen LogP contribution in [0.15, 0.2) is 29.9 Å². The van der Waals surface area contributed by atoms with Gasteiger partial charge < -0.3 is 5.32 Å². The topological polar surface area (TPSA) is 59.8 Å². The molecular weight excluding hydrogens is 399 g/mol. The van der Waals surface area contributed by atoms with Crippen LogP contribution in [0.4, 0.5) is 5.69 Å². The summed E-state index contributed by atoms with van der Waals surface area (Å²) >= 11 is 3.75. The molecule has 3 aromatic rings. The number of rotatable bonds is 3. The molecule has 1 amide bonds. The van der Waals surface area contributed by atoms with Gasteiger partial charge in [0.25, 0.3) is 5.91 Å². The third-order valence-corrected chi connectivity index (χ3v) is 4.80. The highest BCUT2D eigenvalue weighted by Crippen LogP contribution is 2.21. The van der Waals surface area contributed by atoms with Crippen molar-refractivity contribution in [2.24, 2.45) is 0 Å². The number of pyridine rings is 1. The molecule has 0 aliphatic rings. The highest BCUT2D eigenvalue weighted by molar-refractivity contribution is 14.1.